The van der Waals surface area contributed by atoms with Crippen molar-refractivity contribution in [3.8, 4) is 0 Å². The third kappa shape index (κ3) is 24.1. The molecule has 0 aromatic rings. The molecule has 2 amide bonds. The van der Waals surface area contributed by atoms with Gasteiger partial charge in [0.1, 0.15) is 12.2 Å². The number of rotatable bonds is 19. The molecule has 0 saturated carbocycles. The number of aliphatic hydroxyl groups excluding tert-OH is 3. The Balaban J connectivity index is -0.00000144. The Bertz CT molecular complexity index is 576. The number of ether oxygens (including phenoxy) is 1. The molecule has 1 fully saturated rings. The number of hydrogen-bond donors (Lipinski definition) is 5. The fraction of sp³-hybridized carbons (Fsp3) is 0.913. The van der Waals surface area contributed by atoms with Crippen LogP contribution in [0.5, 0.6) is 0 Å². The number of nitrogens with one attached hydrogen (secondary N) is 4. The summed E-state index contributed by atoms with van der Waals surface area (Å²) in [5.74, 6) is 0.845. The molecule has 211 valence electrons. The van der Waals surface area contributed by atoms with Gasteiger partial charge >= 0.3 is 0 Å². The van der Waals surface area contributed by atoms with Crippen LogP contribution in [0.3, 0.4) is 0 Å². The molecule has 0 aromatic heterocycles. The predicted molar refractivity (Wildman–Crippen MR) is 133 cm³/mol. The molecule has 5 atom stereocenters. The molecule has 1 heterocycles. The Labute approximate surface area is 376 Å². The number of amides is 2. The van der Waals surface area contributed by atoms with Crippen molar-refractivity contribution in [2.24, 2.45) is 0 Å². The average molecular weight is 1410 g/mol. The summed E-state index contributed by atoms with van der Waals surface area (Å²) in [5.41, 5.74) is 14.4. The molecule has 1 rings (SSSR count). The molecule has 0 aromatic carbocycles. The quantitative estimate of drug-likeness (QED) is 0.122. The van der Waals surface area contributed by atoms with Gasteiger partial charge in [-0.15, -0.1) is 11.8 Å². The summed E-state index contributed by atoms with van der Waals surface area (Å²) in [6.45, 7) is 1.29. The summed E-state index contributed by atoms with van der Waals surface area (Å²) in [6, 6.07) is -0.956. The van der Waals surface area contributed by atoms with Crippen LogP contribution in [0.15, 0.2) is 0 Å². The molecule has 1 aliphatic rings. The molecule has 7 N–H and O–H groups in total. The van der Waals surface area contributed by atoms with Gasteiger partial charge in [-0.1, -0.05) is 25.3 Å². The van der Waals surface area contributed by atoms with Crippen molar-refractivity contribution in [1.29, 1.82) is 0 Å². The maximum Gasteiger partial charge on any atom is 0.219 e. The Hall–Kier alpha value is 4.82. The Morgan fingerprint density at radius 1 is 0.789 bits per heavy atom. The van der Waals surface area contributed by atoms with Gasteiger partial charge in [-0.3, -0.25) is 15.3 Å². The summed E-state index contributed by atoms with van der Waals surface area (Å²) in [6.07, 6.45) is 5.50. The topological polar surface area (TPSA) is 176 Å². The van der Waals surface area contributed by atoms with Crippen LogP contribution in [-0.2, 0) is 14.3 Å². The molecule has 0 aliphatic carbocycles. The van der Waals surface area contributed by atoms with Crippen LogP contribution in [0.25, 0.3) is 5.73 Å². The van der Waals surface area contributed by atoms with Gasteiger partial charge in [0.05, 0.1) is 18.1 Å². The monoisotopic (exact) mass is 1410 g/mol. The standard InChI is InChI=1S/C23H44N4O6S.4Ac/c24-12-6-1-4-10-18(29)26-13-7-2-5-11-19(30)27-14-8-3-9-15-34-23-20(25)22(32)21(31)17(16-28)33-23;;;;/h17,20-25,28,31-32H,1-16H2,(H,26,29)(H,27,30);;;;/q-1;;;;/t17?,20?,21-,22?,23-;;;;/m0..../s1. The van der Waals surface area contributed by atoms with Gasteiger partial charge in [0.2, 0.25) is 11.8 Å². The van der Waals surface area contributed by atoms with Gasteiger partial charge in [-0.05, 0) is 44.3 Å². The molecule has 10 nitrogen and oxygen atoms in total. The van der Waals surface area contributed by atoms with Gasteiger partial charge < -0.3 is 36.4 Å². The first-order valence-electron chi connectivity index (χ1n) is 12.5. The van der Waals surface area contributed by atoms with E-state index >= 15 is 0 Å². The van der Waals surface area contributed by atoms with Gasteiger partial charge in [0.15, 0.2) is 0 Å². The first kappa shape index (κ1) is 49.7. The summed E-state index contributed by atoms with van der Waals surface area (Å²) < 4.78 is 5.52. The first-order valence-corrected chi connectivity index (χ1v) is 13.6. The van der Waals surface area contributed by atoms with Crippen molar-refractivity contribution in [2.45, 2.75) is 100 Å². The summed E-state index contributed by atoms with van der Waals surface area (Å²) >= 11 is 1.41. The van der Waals surface area contributed by atoms with E-state index in [9.17, 15) is 24.9 Å². The average Bonchev–Trinajstić information content (AvgIpc) is 2.83. The van der Waals surface area contributed by atoms with Crippen molar-refractivity contribution in [2.75, 3.05) is 32.0 Å². The van der Waals surface area contributed by atoms with Crippen LogP contribution >= 0.6 is 11.8 Å². The van der Waals surface area contributed by atoms with Gasteiger partial charge in [-0.25, -0.2) is 0 Å². The Kier molecular flexibility index (Phi) is 43.4. The van der Waals surface area contributed by atoms with E-state index in [1.165, 1.54) is 11.8 Å². The van der Waals surface area contributed by atoms with E-state index in [1.807, 2.05) is 0 Å². The van der Waals surface area contributed by atoms with Crippen LogP contribution < -0.4 is 16.4 Å². The number of thioether (sulfide) groups is 1. The minimum absolute atomic E-state index is 0. The summed E-state index contributed by atoms with van der Waals surface area (Å²) in [7, 11) is 0. The van der Waals surface area contributed by atoms with Crippen molar-refractivity contribution in [3.05, 3.63) is 5.73 Å². The fourth-order valence-corrected chi connectivity index (χ4v) is 4.83. The zero-order chi connectivity index (χ0) is 25.2. The summed E-state index contributed by atoms with van der Waals surface area (Å²) in [5, 5.41) is 34.7. The van der Waals surface area contributed by atoms with Crippen LogP contribution in [-0.4, -0.2) is 88.9 Å². The van der Waals surface area contributed by atoms with Crippen LogP contribution in [0.2, 0.25) is 0 Å². The summed E-state index contributed by atoms with van der Waals surface area (Å²) in [4.78, 5) is 23.5. The van der Waals surface area contributed by atoms with E-state index in [2.05, 4.69) is 10.6 Å². The number of unbranched alkanes of at least 4 members (excludes halogenated alkanes) is 6. The zero-order valence-electron chi connectivity index (χ0n) is 22.5. The number of hydrogen-bond acceptors (Lipinski definition) is 7. The van der Waals surface area contributed by atoms with Crippen molar-refractivity contribution in [1.82, 2.24) is 16.4 Å². The number of carbonyl (C=O) groups excluding carboxylic acids is 2. The van der Waals surface area contributed by atoms with Crippen molar-refractivity contribution >= 4 is 23.6 Å². The molecule has 1 saturated heterocycles. The smallest absolute Gasteiger partial charge is 0.219 e. The second kappa shape index (κ2) is 33.2. The molecule has 5 radical (unpaired) electrons. The Morgan fingerprint density at radius 3 is 1.79 bits per heavy atom. The molecule has 0 spiro atoms. The largest absolute Gasteiger partial charge is 0.670 e. The van der Waals surface area contributed by atoms with Crippen LogP contribution in [0.1, 0.15) is 70.6 Å². The molecule has 1 aliphatic heterocycles. The molecule has 3 unspecified atom stereocenters. The second-order valence-electron chi connectivity index (χ2n) is 8.74. The number of carbonyl (C=O) groups is 2. The maximum atomic E-state index is 11.9. The fourth-order valence-electron chi connectivity index (χ4n) is 3.64. The van der Waals surface area contributed by atoms with Gasteiger partial charge in [0, 0.05) is 209 Å². The minimum atomic E-state index is -1.24. The SMILES string of the molecule is [Ac].[Ac].[Ac].[Ac].[NH]CCCCCC(=O)NCCCCCC(=O)NCCCCCS[C@@H]1OC(CO)[C@H](O)C(O)C1[NH-]. The molecule has 0 bridgehead atoms. The minimum Gasteiger partial charge on any atom is -0.670 e. The van der Waals surface area contributed by atoms with E-state index < -0.39 is 36.4 Å². The van der Waals surface area contributed by atoms with Gasteiger partial charge in [-0.2, -0.15) is 0 Å². The third-order valence-corrected chi connectivity index (χ3v) is 7.05. The van der Waals surface area contributed by atoms with E-state index in [0.717, 1.165) is 63.5 Å². The maximum absolute atomic E-state index is 11.9. The second-order valence-corrected chi connectivity index (χ2v) is 9.94. The van der Waals surface area contributed by atoms with E-state index in [0.29, 0.717) is 32.5 Å². The van der Waals surface area contributed by atoms with Crippen LogP contribution in [0.4, 0.5) is 0 Å². The normalized spacial score (nSPS) is 22.1. The van der Waals surface area contributed by atoms with Gasteiger partial charge in [0.25, 0.3) is 0 Å². The third-order valence-electron chi connectivity index (χ3n) is 5.79. The number of aliphatic hydroxyl groups is 3. The molecule has 15 heteroatoms. The van der Waals surface area contributed by atoms with Crippen LogP contribution in [0, 0.1) is 176 Å². The van der Waals surface area contributed by atoms with E-state index in [-0.39, 0.29) is 188 Å². The van der Waals surface area contributed by atoms with Crippen molar-refractivity contribution < 1.29 is 206 Å². The molecule has 38 heavy (non-hydrogen) atoms. The zero-order valence-corrected chi connectivity index (χ0v) is 42.3. The Morgan fingerprint density at radius 2 is 1.29 bits per heavy atom. The molecular formula is C23H44Ac4N4O6S-. The first-order chi connectivity index (χ1) is 16.4. The predicted octanol–water partition coefficient (Wildman–Crippen LogP) is 1.39. The van der Waals surface area contributed by atoms with E-state index in [4.69, 9.17) is 16.2 Å². The van der Waals surface area contributed by atoms with E-state index in [1.54, 1.807) is 0 Å². The van der Waals surface area contributed by atoms with Crippen molar-refractivity contribution in [3.63, 3.8) is 0 Å². The molecular weight excluding hydrogens is 1370 g/mol.